The largest absolute Gasteiger partial charge is 0.480 e. The third-order valence-corrected chi connectivity index (χ3v) is 5.79. The van der Waals surface area contributed by atoms with Crippen LogP contribution in [0.4, 0.5) is 0 Å². The van der Waals surface area contributed by atoms with Crippen LogP contribution in [0.5, 0.6) is 0 Å². The van der Waals surface area contributed by atoms with E-state index in [1.54, 1.807) is 6.92 Å². The highest BCUT2D eigenvalue weighted by Crippen LogP contribution is 2.10. The Morgan fingerprint density at radius 3 is 2.06 bits per heavy atom. The zero-order chi connectivity index (χ0) is 24.7. The summed E-state index contributed by atoms with van der Waals surface area (Å²) >= 11 is 1.46. The highest BCUT2D eigenvalue weighted by Gasteiger charge is 2.31. The SMILES string of the molecule is CCC(C)C(NC(=O)C(CCSC)NC(=O)C(CO)NC(=O)C(N)CCCCN)C(=O)O. The summed E-state index contributed by atoms with van der Waals surface area (Å²) in [4.78, 5) is 49.1. The summed E-state index contributed by atoms with van der Waals surface area (Å²) < 4.78 is 0. The van der Waals surface area contributed by atoms with Crippen molar-refractivity contribution in [3.8, 4) is 0 Å². The van der Waals surface area contributed by atoms with Crippen molar-refractivity contribution in [2.75, 3.05) is 25.2 Å². The number of unbranched alkanes of at least 4 members (excludes halogenated alkanes) is 1. The molecular formula is C20H39N5O6S. The number of hydrogen-bond acceptors (Lipinski definition) is 8. The summed E-state index contributed by atoms with van der Waals surface area (Å²) in [7, 11) is 0. The molecule has 0 radical (unpaired) electrons. The fourth-order valence-electron chi connectivity index (χ4n) is 2.83. The van der Waals surface area contributed by atoms with Gasteiger partial charge in [0.15, 0.2) is 0 Å². The van der Waals surface area contributed by atoms with E-state index in [4.69, 9.17) is 11.5 Å². The quantitative estimate of drug-likeness (QED) is 0.125. The van der Waals surface area contributed by atoms with Gasteiger partial charge < -0.3 is 37.6 Å². The molecule has 9 N–H and O–H groups in total. The van der Waals surface area contributed by atoms with Crippen LogP contribution in [0.3, 0.4) is 0 Å². The van der Waals surface area contributed by atoms with Gasteiger partial charge in [-0.25, -0.2) is 4.79 Å². The van der Waals surface area contributed by atoms with Crippen LogP contribution in [0.2, 0.25) is 0 Å². The van der Waals surface area contributed by atoms with E-state index in [1.807, 2.05) is 13.2 Å². The van der Waals surface area contributed by atoms with Crippen molar-refractivity contribution < 1.29 is 29.4 Å². The minimum absolute atomic E-state index is 0.246. The first-order chi connectivity index (χ1) is 15.1. The fourth-order valence-corrected chi connectivity index (χ4v) is 3.30. The number of nitrogens with two attached hydrogens (primary N) is 2. The summed E-state index contributed by atoms with van der Waals surface area (Å²) in [5.74, 6) is -2.93. The summed E-state index contributed by atoms with van der Waals surface area (Å²) in [5, 5.41) is 26.4. The van der Waals surface area contributed by atoms with Gasteiger partial charge in [-0.2, -0.15) is 11.8 Å². The van der Waals surface area contributed by atoms with E-state index in [9.17, 15) is 29.4 Å². The predicted molar refractivity (Wildman–Crippen MR) is 124 cm³/mol. The molecule has 0 aromatic rings. The Bertz CT molecular complexity index is 609. The van der Waals surface area contributed by atoms with Crippen molar-refractivity contribution in [3.05, 3.63) is 0 Å². The summed E-state index contributed by atoms with van der Waals surface area (Å²) in [6.45, 7) is 3.32. The standard InChI is InChI=1S/C20H39N5O6S/c1-4-12(2)16(20(30)31)25-18(28)14(8-10-32-3)23-19(29)15(11-26)24-17(27)13(22)7-5-6-9-21/h12-16,26H,4-11,21-22H2,1-3H3,(H,23,29)(H,24,27)(H,25,28)(H,30,31). The van der Waals surface area contributed by atoms with Gasteiger partial charge in [0.1, 0.15) is 18.1 Å². The molecule has 0 bridgehead atoms. The number of aliphatic hydroxyl groups excluding tert-OH is 1. The first kappa shape index (κ1) is 30.1. The van der Waals surface area contributed by atoms with E-state index in [0.29, 0.717) is 38.0 Å². The number of carbonyl (C=O) groups is 4. The molecule has 0 aliphatic rings. The molecule has 0 aromatic heterocycles. The topological polar surface area (TPSA) is 197 Å². The number of carboxylic acids is 1. The fraction of sp³-hybridized carbons (Fsp3) is 0.800. The number of amides is 3. The zero-order valence-corrected chi connectivity index (χ0v) is 20.0. The number of nitrogens with one attached hydrogen (secondary N) is 3. The van der Waals surface area contributed by atoms with E-state index < -0.39 is 54.5 Å². The van der Waals surface area contributed by atoms with E-state index in [-0.39, 0.29) is 12.3 Å². The van der Waals surface area contributed by atoms with Gasteiger partial charge in [0, 0.05) is 0 Å². The molecule has 5 unspecified atom stereocenters. The molecular weight excluding hydrogens is 438 g/mol. The van der Waals surface area contributed by atoms with Crippen LogP contribution in [0.15, 0.2) is 0 Å². The van der Waals surface area contributed by atoms with Crippen molar-refractivity contribution in [2.45, 2.75) is 70.1 Å². The predicted octanol–water partition coefficient (Wildman–Crippen LogP) is -1.23. The van der Waals surface area contributed by atoms with Crippen LogP contribution in [-0.4, -0.2) is 83.2 Å². The Hall–Kier alpha value is -1.89. The maximum atomic E-state index is 12.7. The summed E-state index contributed by atoms with van der Waals surface area (Å²) in [6.07, 6.45) is 4.37. The molecule has 0 fully saturated rings. The second-order valence-electron chi connectivity index (χ2n) is 7.69. The van der Waals surface area contributed by atoms with Crippen molar-refractivity contribution in [3.63, 3.8) is 0 Å². The van der Waals surface area contributed by atoms with Gasteiger partial charge in [0.05, 0.1) is 12.6 Å². The molecule has 0 aromatic carbocycles. The summed E-state index contributed by atoms with van der Waals surface area (Å²) in [6, 6.07) is -4.27. The highest BCUT2D eigenvalue weighted by molar-refractivity contribution is 7.98. The molecule has 0 aliphatic heterocycles. The third kappa shape index (κ3) is 11.1. The zero-order valence-electron chi connectivity index (χ0n) is 19.1. The Balaban J connectivity index is 5.17. The van der Waals surface area contributed by atoms with Crippen LogP contribution in [0.25, 0.3) is 0 Å². The molecule has 12 heteroatoms. The van der Waals surface area contributed by atoms with Gasteiger partial charge in [-0.1, -0.05) is 26.7 Å². The van der Waals surface area contributed by atoms with E-state index in [0.717, 1.165) is 0 Å². The highest BCUT2D eigenvalue weighted by atomic mass is 32.2. The second kappa shape index (κ2) is 16.7. The Kier molecular flexibility index (Phi) is 15.7. The number of aliphatic hydroxyl groups is 1. The van der Waals surface area contributed by atoms with E-state index in [1.165, 1.54) is 11.8 Å². The second-order valence-corrected chi connectivity index (χ2v) is 8.67. The lowest BCUT2D eigenvalue weighted by Gasteiger charge is -2.26. The van der Waals surface area contributed by atoms with Crippen LogP contribution < -0.4 is 27.4 Å². The number of aliphatic carboxylic acids is 1. The summed E-state index contributed by atoms with van der Waals surface area (Å²) in [5.41, 5.74) is 11.2. The van der Waals surface area contributed by atoms with Crippen molar-refractivity contribution in [1.82, 2.24) is 16.0 Å². The lowest BCUT2D eigenvalue weighted by atomic mass is 9.98. The number of carboxylic acid groups (broad SMARTS) is 1. The van der Waals surface area contributed by atoms with Crippen LogP contribution >= 0.6 is 11.8 Å². The third-order valence-electron chi connectivity index (χ3n) is 5.14. The molecule has 3 amide bonds. The lowest BCUT2D eigenvalue weighted by molar-refractivity contribution is -0.143. The monoisotopic (exact) mass is 477 g/mol. The normalized spacial score (nSPS) is 15.7. The van der Waals surface area contributed by atoms with E-state index in [2.05, 4.69) is 16.0 Å². The van der Waals surface area contributed by atoms with Gasteiger partial charge >= 0.3 is 5.97 Å². The van der Waals surface area contributed by atoms with Crippen molar-refractivity contribution >= 4 is 35.5 Å². The number of rotatable bonds is 17. The van der Waals surface area contributed by atoms with Gasteiger partial charge in [-0.15, -0.1) is 0 Å². The van der Waals surface area contributed by atoms with Gasteiger partial charge in [0.25, 0.3) is 0 Å². The van der Waals surface area contributed by atoms with Crippen LogP contribution in [0.1, 0.15) is 46.0 Å². The molecule has 0 aliphatic carbocycles. The average Bonchev–Trinajstić information content (AvgIpc) is 2.77. The van der Waals surface area contributed by atoms with Crippen LogP contribution in [-0.2, 0) is 19.2 Å². The smallest absolute Gasteiger partial charge is 0.326 e. The molecule has 5 atom stereocenters. The van der Waals surface area contributed by atoms with Gasteiger partial charge in [-0.3, -0.25) is 14.4 Å². The molecule has 0 spiro atoms. The first-order valence-electron chi connectivity index (χ1n) is 10.8. The van der Waals surface area contributed by atoms with Gasteiger partial charge in [0.2, 0.25) is 17.7 Å². The number of thioether (sulfide) groups is 1. The molecule has 0 saturated carbocycles. The van der Waals surface area contributed by atoms with Gasteiger partial charge in [-0.05, 0) is 43.7 Å². The lowest BCUT2D eigenvalue weighted by Crippen LogP contribution is -2.58. The molecule has 0 saturated heterocycles. The molecule has 11 nitrogen and oxygen atoms in total. The first-order valence-corrected chi connectivity index (χ1v) is 12.2. The Morgan fingerprint density at radius 1 is 0.969 bits per heavy atom. The number of hydrogen-bond donors (Lipinski definition) is 7. The molecule has 0 heterocycles. The Labute approximate surface area is 193 Å². The molecule has 0 rings (SSSR count). The minimum atomic E-state index is -1.29. The minimum Gasteiger partial charge on any atom is -0.480 e. The molecule has 32 heavy (non-hydrogen) atoms. The van der Waals surface area contributed by atoms with Crippen molar-refractivity contribution in [1.29, 1.82) is 0 Å². The maximum absolute atomic E-state index is 12.7. The number of carbonyl (C=O) groups excluding carboxylic acids is 3. The van der Waals surface area contributed by atoms with Crippen LogP contribution in [0, 0.1) is 5.92 Å². The average molecular weight is 478 g/mol. The Morgan fingerprint density at radius 2 is 1.56 bits per heavy atom. The van der Waals surface area contributed by atoms with E-state index >= 15 is 0 Å². The maximum Gasteiger partial charge on any atom is 0.326 e. The van der Waals surface area contributed by atoms with Crippen molar-refractivity contribution in [2.24, 2.45) is 17.4 Å². The molecule has 186 valence electrons.